The van der Waals surface area contributed by atoms with Gasteiger partial charge in [-0.05, 0) is 53.1 Å². The number of halogens is 1. The summed E-state index contributed by atoms with van der Waals surface area (Å²) in [4.78, 5) is 42.2. The number of carbonyl (C=O) groups is 3. The van der Waals surface area contributed by atoms with E-state index in [0.717, 1.165) is 11.1 Å². The third kappa shape index (κ3) is 8.82. The lowest BCUT2D eigenvalue weighted by Gasteiger charge is -2.36. The Hall–Kier alpha value is -2.38. The molecule has 1 aromatic rings. The Morgan fingerprint density at radius 3 is 2.42 bits per heavy atom. The van der Waals surface area contributed by atoms with Gasteiger partial charge in [-0.3, -0.25) is 14.4 Å². The highest BCUT2D eigenvalue weighted by atomic mass is 35.5. The summed E-state index contributed by atoms with van der Waals surface area (Å²) in [5.74, 6) is -0.852. The lowest BCUT2D eigenvalue weighted by molar-refractivity contribution is -0.159. The zero-order chi connectivity index (χ0) is 23.9. The predicted molar refractivity (Wildman–Crippen MR) is 132 cm³/mol. The van der Waals surface area contributed by atoms with E-state index in [2.05, 4.69) is 5.32 Å². The second-order valence-corrected chi connectivity index (χ2v) is 9.35. The molecule has 0 saturated heterocycles. The molecule has 0 aliphatic carbocycles. The van der Waals surface area contributed by atoms with E-state index in [1.165, 1.54) is 4.90 Å². The third-order valence-electron chi connectivity index (χ3n) is 5.38. The van der Waals surface area contributed by atoms with Gasteiger partial charge in [0.15, 0.2) is 0 Å². The molecular formula is C25H38ClN3O4. The van der Waals surface area contributed by atoms with Crippen LogP contribution in [0.2, 0.25) is 0 Å². The van der Waals surface area contributed by atoms with Crippen molar-refractivity contribution in [2.24, 2.45) is 0 Å². The minimum atomic E-state index is -0.708. The molecular weight excluding hydrogens is 442 g/mol. The summed E-state index contributed by atoms with van der Waals surface area (Å²) >= 11 is 0. The smallest absolute Gasteiger partial charge is 0.326 e. The molecule has 0 spiro atoms. The van der Waals surface area contributed by atoms with Crippen molar-refractivity contribution < 1.29 is 19.1 Å². The first-order valence-corrected chi connectivity index (χ1v) is 11.2. The molecule has 184 valence electrons. The maximum atomic E-state index is 13.5. The standard InChI is InChI=1S/C25H37N3O4.ClH/c1-18-11-13-19(14-12-18)16-21(24(31)27(6)17-22(29)32-25(2,3)4)28-15-9-7-8-10-20(26-5)23(28)30;/h7-8,11-14,20-21,26H,9-10,15-17H2,1-6H3;1H/b8-7-;/t20-,21-;/m0./s1. The van der Waals surface area contributed by atoms with Crippen LogP contribution in [0.1, 0.15) is 44.7 Å². The van der Waals surface area contributed by atoms with Crippen LogP contribution in [0.5, 0.6) is 0 Å². The van der Waals surface area contributed by atoms with Gasteiger partial charge in [0.05, 0.1) is 6.04 Å². The molecule has 0 unspecified atom stereocenters. The number of nitrogens with one attached hydrogen (secondary N) is 1. The van der Waals surface area contributed by atoms with Gasteiger partial charge in [0.1, 0.15) is 18.2 Å². The van der Waals surface area contributed by atoms with E-state index in [4.69, 9.17) is 4.74 Å². The first kappa shape index (κ1) is 28.7. The fourth-order valence-corrected chi connectivity index (χ4v) is 3.70. The minimum absolute atomic E-state index is 0. The maximum absolute atomic E-state index is 13.5. The van der Waals surface area contributed by atoms with Crippen LogP contribution < -0.4 is 5.32 Å². The highest BCUT2D eigenvalue weighted by Gasteiger charge is 2.35. The largest absolute Gasteiger partial charge is 0.459 e. The molecule has 8 heteroatoms. The third-order valence-corrected chi connectivity index (χ3v) is 5.38. The van der Waals surface area contributed by atoms with E-state index in [9.17, 15) is 14.4 Å². The first-order valence-electron chi connectivity index (χ1n) is 11.2. The minimum Gasteiger partial charge on any atom is -0.459 e. The van der Waals surface area contributed by atoms with E-state index < -0.39 is 23.7 Å². The van der Waals surface area contributed by atoms with Crippen LogP contribution in [0.15, 0.2) is 36.4 Å². The number of likely N-dealkylation sites (N-methyl/N-ethyl adjacent to an activating group) is 2. The summed E-state index contributed by atoms with van der Waals surface area (Å²) in [6.45, 7) is 7.65. The summed E-state index contributed by atoms with van der Waals surface area (Å²) in [5.41, 5.74) is 1.46. The Morgan fingerprint density at radius 2 is 1.85 bits per heavy atom. The first-order chi connectivity index (χ1) is 15.0. The van der Waals surface area contributed by atoms with Crippen molar-refractivity contribution >= 4 is 30.2 Å². The summed E-state index contributed by atoms with van der Waals surface area (Å²) in [5, 5.41) is 3.06. The number of hydrogen-bond acceptors (Lipinski definition) is 5. The predicted octanol–water partition coefficient (Wildman–Crippen LogP) is 2.89. The number of carbonyl (C=O) groups excluding carboxylic acids is 3. The number of amides is 2. The fourth-order valence-electron chi connectivity index (χ4n) is 3.70. The van der Waals surface area contributed by atoms with Crippen LogP contribution in [-0.2, 0) is 25.5 Å². The maximum Gasteiger partial charge on any atom is 0.326 e. The van der Waals surface area contributed by atoms with Gasteiger partial charge < -0.3 is 19.9 Å². The van der Waals surface area contributed by atoms with Crippen molar-refractivity contribution in [3.63, 3.8) is 0 Å². The van der Waals surface area contributed by atoms with Crippen molar-refractivity contribution in [3.8, 4) is 0 Å². The van der Waals surface area contributed by atoms with Gasteiger partial charge in [-0.25, -0.2) is 0 Å². The summed E-state index contributed by atoms with van der Waals surface area (Å²) < 4.78 is 5.37. The number of rotatable bonds is 7. The van der Waals surface area contributed by atoms with Gasteiger partial charge in [-0.15, -0.1) is 12.4 Å². The van der Waals surface area contributed by atoms with Crippen LogP contribution in [0.25, 0.3) is 0 Å². The SMILES string of the molecule is CN[C@H]1C/C=C\CCN([C@@H](Cc2ccc(C)cc2)C(=O)N(C)CC(=O)OC(C)(C)C)C1=O.Cl. The number of nitrogens with zero attached hydrogens (tertiary/aromatic N) is 2. The number of aryl methyl sites for hydroxylation is 1. The van der Waals surface area contributed by atoms with Crippen molar-refractivity contribution in [2.75, 3.05) is 27.2 Å². The van der Waals surface area contributed by atoms with Gasteiger partial charge in [-0.1, -0.05) is 42.0 Å². The van der Waals surface area contributed by atoms with Crippen LogP contribution in [0, 0.1) is 6.92 Å². The fraction of sp³-hybridized carbons (Fsp3) is 0.560. The van der Waals surface area contributed by atoms with Gasteiger partial charge >= 0.3 is 5.97 Å². The van der Waals surface area contributed by atoms with Crippen LogP contribution in [-0.4, -0.2) is 72.5 Å². The lowest BCUT2D eigenvalue weighted by Crippen LogP contribution is -2.56. The van der Waals surface area contributed by atoms with Gasteiger partial charge in [0.25, 0.3) is 0 Å². The molecule has 1 N–H and O–H groups in total. The van der Waals surface area contributed by atoms with Gasteiger partial charge in [0, 0.05) is 20.0 Å². The Kier molecular flexibility index (Phi) is 11.1. The second kappa shape index (κ2) is 12.8. The number of hydrogen-bond donors (Lipinski definition) is 1. The molecule has 33 heavy (non-hydrogen) atoms. The van der Waals surface area contributed by atoms with E-state index in [0.29, 0.717) is 25.8 Å². The monoisotopic (exact) mass is 479 g/mol. The van der Waals surface area contributed by atoms with Crippen molar-refractivity contribution in [2.45, 2.75) is 64.6 Å². The normalized spacial score (nSPS) is 18.4. The zero-order valence-electron chi connectivity index (χ0n) is 20.6. The molecule has 2 rings (SSSR count). The topological polar surface area (TPSA) is 79.0 Å². The average Bonchev–Trinajstić information content (AvgIpc) is 2.69. The van der Waals surface area contributed by atoms with Crippen molar-refractivity contribution in [3.05, 3.63) is 47.5 Å². The molecule has 1 aliphatic rings. The number of benzene rings is 1. The Balaban J connectivity index is 0.00000544. The van der Waals surface area contributed by atoms with E-state index in [-0.39, 0.29) is 30.8 Å². The van der Waals surface area contributed by atoms with Crippen LogP contribution in [0.3, 0.4) is 0 Å². The molecule has 2 amide bonds. The molecule has 1 aliphatic heterocycles. The van der Waals surface area contributed by atoms with E-state index in [1.807, 2.05) is 43.3 Å². The number of esters is 1. The summed E-state index contributed by atoms with van der Waals surface area (Å²) in [6, 6.07) is 6.85. The van der Waals surface area contributed by atoms with Gasteiger partial charge in [-0.2, -0.15) is 0 Å². The van der Waals surface area contributed by atoms with Crippen molar-refractivity contribution in [1.29, 1.82) is 0 Å². The molecule has 1 heterocycles. The van der Waals surface area contributed by atoms with Crippen LogP contribution in [0.4, 0.5) is 0 Å². The molecule has 0 fully saturated rings. The summed E-state index contributed by atoms with van der Waals surface area (Å²) in [7, 11) is 3.33. The molecule has 0 bridgehead atoms. The highest BCUT2D eigenvalue weighted by molar-refractivity contribution is 5.91. The van der Waals surface area contributed by atoms with Gasteiger partial charge in [0.2, 0.25) is 11.8 Å². The Bertz CT molecular complexity index is 833. The molecule has 0 radical (unpaired) electrons. The highest BCUT2D eigenvalue weighted by Crippen LogP contribution is 2.18. The molecule has 0 aromatic heterocycles. The van der Waals surface area contributed by atoms with E-state index >= 15 is 0 Å². The number of ether oxygens (including phenoxy) is 1. The van der Waals surface area contributed by atoms with E-state index in [1.54, 1.807) is 39.8 Å². The Morgan fingerprint density at radius 1 is 1.21 bits per heavy atom. The zero-order valence-corrected chi connectivity index (χ0v) is 21.4. The molecule has 7 nitrogen and oxygen atoms in total. The quantitative estimate of drug-likeness (QED) is 0.480. The second-order valence-electron chi connectivity index (χ2n) is 9.35. The average molecular weight is 480 g/mol. The van der Waals surface area contributed by atoms with Crippen molar-refractivity contribution in [1.82, 2.24) is 15.1 Å². The lowest BCUT2D eigenvalue weighted by atomic mass is 9.99. The summed E-state index contributed by atoms with van der Waals surface area (Å²) in [6.07, 6.45) is 5.67. The molecule has 2 atom stereocenters. The molecule has 1 aromatic carbocycles. The Labute approximate surface area is 203 Å². The van der Waals surface area contributed by atoms with Crippen LogP contribution >= 0.6 is 12.4 Å². The molecule has 0 saturated carbocycles.